The zero-order valence-corrected chi connectivity index (χ0v) is 17.2. The van der Waals surface area contributed by atoms with Crippen LogP contribution in [0.25, 0.3) is 21.7 Å². The zero-order chi connectivity index (χ0) is 22.0. The van der Waals surface area contributed by atoms with Gasteiger partial charge >= 0.3 is 6.18 Å². The molecule has 4 rings (SSSR count). The van der Waals surface area contributed by atoms with Crippen LogP contribution < -0.4 is 0 Å². The topological polar surface area (TPSA) is 74.8 Å². The predicted octanol–water partition coefficient (Wildman–Crippen LogP) is 4.73. The quantitative estimate of drug-likeness (QED) is 0.582. The Morgan fingerprint density at radius 1 is 1.13 bits per heavy atom. The molecule has 6 nitrogen and oxygen atoms in total. The van der Waals surface area contributed by atoms with Gasteiger partial charge in [-0.05, 0) is 31.4 Å². The summed E-state index contributed by atoms with van der Waals surface area (Å²) in [5.74, 6) is -0.173. The third-order valence-corrected chi connectivity index (χ3v) is 6.07. The van der Waals surface area contributed by atoms with E-state index in [1.54, 1.807) is 29.2 Å². The van der Waals surface area contributed by atoms with E-state index in [2.05, 4.69) is 10.1 Å². The molecule has 0 spiro atoms. The van der Waals surface area contributed by atoms with Gasteiger partial charge in [0.25, 0.3) is 5.91 Å². The average molecular weight is 445 g/mol. The largest absolute Gasteiger partial charge is 0.408 e. The van der Waals surface area contributed by atoms with Gasteiger partial charge < -0.3 is 4.90 Å². The SMILES string of the molecule is N#Cc1ccc(-c2nc(C(=O)N3CCCCC3)sc2-c2cnn(CC(F)(F)F)c2)cc1. The maximum Gasteiger partial charge on any atom is 0.408 e. The van der Waals surface area contributed by atoms with Crippen molar-refractivity contribution in [2.45, 2.75) is 32.0 Å². The summed E-state index contributed by atoms with van der Waals surface area (Å²) in [4.78, 5) is 19.9. The molecule has 0 atom stereocenters. The third-order valence-electron chi connectivity index (χ3n) is 4.98. The molecule has 3 aromatic rings. The van der Waals surface area contributed by atoms with Crippen molar-refractivity contribution in [2.24, 2.45) is 0 Å². The number of piperidine rings is 1. The highest BCUT2D eigenvalue weighted by molar-refractivity contribution is 7.17. The fraction of sp³-hybridized carbons (Fsp3) is 0.333. The summed E-state index contributed by atoms with van der Waals surface area (Å²) < 4.78 is 39.0. The van der Waals surface area contributed by atoms with Crippen molar-refractivity contribution in [3.8, 4) is 27.8 Å². The smallest absolute Gasteiger partial charge is 0.337 e. The fourth-order valence-electron chi connectivity index (χ4n) is 3.49. The Bertz CT molecular complexity index is 1120. The van der Waals surface area contributed by atoms with Crippen molar-refractivity contribution in [2.75, 3.05) is 13.1 Å². The number of hydrogen-bond donors (Lipinski definition) is 0. The van der Waals surface area contributed by atoms with Crippen molar-refractivity contribution < 1.29 is 18.0 Å². The molecular formula is C21H18F3N5OS. The number of rotatable bonds is 4. The molecule has 1 aliphatic rings. The Hall–Kier alpha value is -3.19. The van der Waals surface area contributed by atoms with Gasteiger partial charge in [0.1, 0.15) is 6.54 Å². The molecule has 0 aliphatic carbocycles. The number of alkyl halides is 3. The highest BCUT2D eigenvalue weighted by atomic mass is 32.1. The van der Waals surface area contributed by atoms with E-state index in [4.69, 9.17) is 5.26 Å². The van der Waals surface area contributed by atoms with Crippen LogP contribution in [-0.4, -0.2) is 44.8 Å². The number of carbonyl (C=O) groups excluding carboxylic acids is 1. The van der Waals surface area contributed by atoms with Gasteiger partial charge in [-0.1, -0.05) is 12.1 Å². The molecule has 0 unspecified atom stereocenters. The molecule has 0 saturated carbocycles. The second kappa shape index (κ2) is 8.51. The molecule has 1 fully saturated rings. The van der Waals surface area contributed by atoms with E-state index in [0.717, 1.165) is 35.3 Å². The number of amides is 1. The first kappa shape index (κ1) is 21.1. The van der Waals surface area contributed by atoms with Crippen LogP contribution in [0, 0.1) is 11.3 Å². The van der Waals surface area contributed by atoms with E-state index < -0.39 is 12.7 Å². The Morgan fingerprint density at radius 2 is 1.84 bits per heavy atom. The minimum absolute atomic E-state index is 0.173. The van der Waals surface area contributed by atoms with Crippen LogP contribution in [0.1, 0.15) is 34.6 Å². The van der Waals surface area contributed by atoms with Gasteiger partial charge in [0.05, 0.1) is 28.4 Å². The molecular weight excluding hydrogens is 427 g/mol. The second-order valence-electron chi connectivity index (χ2n) is 7.28. The fourth-order valence-corrected chi connectivity index (χ4v) is 4.52. The van der Waals surface area contributed by atoms with Crippen LogP contribution in [0.2, 0.25) is 0 Å². The lowest BCUT2D eigenvalue weighted by molar-refractivity contribution is -0.142. The number of aromatic nitrogens is 3. The van der Waals surface area contributed by atoms with Crippen LogP contribution in [0.15, 0.2) is 36.7 Å². The number of likely N-dealkylation sites (tertiary alicyclic amines) is 1. The number of halogens is 3. The molecule has 3 heterocycles. The lowest BCUT2D eigenvalue weighted by Crippen LogP contribution is -2.35. The summed E-state index contributed by atoms with van der Waals surface area (Å²) in [6, 6.07) is 8.75. The normalized spacial score (nSPS) is 14.5. The standard InChI is InChI=1S/C21H18F3N5OS/c22-21(23,24)13-29-12-16(11-26-29)18-17(15-6-4-14(10-25)5-7-15)27-19(31-18)20(30)28-8-2-1-3-9-28/h4-7,11-12H,1-3,8-9,13H2. The Kier molecular flexibility index (Phi) is 5.78. The minimum Gasteiger partial charge on any atom is -0.337 e. The molecule has 1 aromatic carbocycles. The number of nitrogens with zero attached hydrogens (tertiary/aromatic N) is 5. The molecule has 10 heteroatoms. The van der Waals surface area contributed by atoms with Gasteiger partial charge in [-0.2, -0.15) is 23.5 Å². The Balaban J connectivity index is 1.74. The average Bonchev–Trinajstić information content (AvgIpc) is 3.40. The summed E-state index contributed by atoms with van der Waals surface area (Å²) in [6.45, 7) is 0.143. The summed E-state index contributed by atoms with van der Waals surface area (Å²) in [5.41, 5.74) is 2.09. The number of thiazole rings is 1. The van der Waals surface area contributed by atoms with Crippen molar-refractivity contribution in [3.05, 3.63) is 47.2 Å². The van der Waals surface area contributed by atoms with Gasteiger partial charge in [-0.15, -0.1) is 11.3 Å². The van der Waals surface area contributed by atoms with Crippen molar-refractivity contribution in [3.63, 3.8) is 0 Å². The number of hydrogen-bond acceptors (Lipinski definition) is 5. The first-order valence-electron chi connectivity index (χ1n) is 9.74. The number of carbonyl (C=O) groups is 1. The molecule has 31 heavy (non-hydrogen) atoms. The molecule has 1 saturated heterocycles. The van der Waals surface area contributed by atoms with E-state index in [1.165, 1.54) is 12.4 Å². The first-order valence-corrected chi connectivity index (χ1v) is 10.6. The Labute approximate surface area is 180 Å². The van der Waals surface area contributed by atoms with E-state index in [0.29, 0.717) is 45.4 Å². The van der Waals surface area contributed by atoms with Crippen LogP contribution in [0.3, 0.4) is 0 Å². The van der Waals surface area contributed by atoms with E-state index in [9.17, 15) is 18.0 Å². The van der Waals surface area contributed by atoms with Crippen molar-refractivity contribution in [1.82, 2.24) is 19.7 Å². The maximum absolute atomic E-state index is 13.0. The maximum atomic E-state index is 13.0. The summed E-state index contributed by atoms with van der Waals surface area (Å²) >= 11 is 1.15. The molecule has 0 N–H and O–H groups in total. The number of benzene rings is 1. The molecule has 2 aromatic heterocycles. The van der Waals surface area contributed by atoms with E-state index in [-0.39, 0.29) is 5.91 Å². The van der Waals surface area contributed by atoms with Gasteiger partial charge in [0.15, 0.2) is 5.01 Å². The van der Waals surface area contributed by atoms with Gasteiger partial charge in [-0.25, -0.2) is 4.98 Å². The monoisotopic (exact) mass is 445 g/mol. The highest BCUT2D eigenvalue weighted by Gasteiger charge is 2.29. The first-order chi connectivity index (χ1) is 14.8. The summed E-state index contributed by atoms with van der Waals surface area (Å²) in [7, 11) is 0. The van der Waals surface area contributed by atoms with Crippen LogP contribution >= 0.6 is 11.3 Å². The van der Waals surface area contributed by atoms with Crippen LogP contribution in [0.4, 0.5) is 13.2 Å². The van der Waals surface area contributed by atoms with Crippen molar-refractivity contribution >= 4 is 17.2 Å². The van der Waals surface area contributed by atoms with Gasteiger partial charge in [0, 0.05) is 30.4 Å². The molecule has 0 bridgehead atoms. The third kappa shape index (κ3) is 4.77. The minimum atomic E-state index is -4.39. The highest BCUT2D eigenvalue weighted by Crippen LogP contribution is 2.37. The van der Waals surface area contributed by atoms with Gasteiger partial charge in [0.2, 0.25) is 0 Å². The van der Waals surface area contributed by atoms with E-state index in [1.807, 2.05) is 6.07 Å². The molecule has 1 amide bonds. The lowest BCUT2D eigenvalue weighted by atomic mass is 10.1. The molecule has 1 aliphatic heterocycles. The van der Waals surface area contributed by atoms with E-state index >= 15 is 0 Å². The van der Waals surface area contributed by atoms with Gasteiger partial charge in [-0.3, -0.25) is 9.48 Å². The molecule has 160 valence electrons. The molecule has 0 radical (unpaired) electrons. The summed E-state index contributed by atoms with van der Waals surface area (Å²) in [5, 5.41) is 13.1. The lowest BCUT2D eigenvalue weighted by Gasteiger charge is -2.25. The summed E-state index contributed by atoms with van der Waals surface area (Å²) in [6.07, 6.45) is 1.24. The van der Waals surface area contributed by atoms with Crippen molar-refractivity contribution in [1.29, 1.82) is 5.26 Å². The zero-order valence-electron chi connectivity index (χ0n) is 16.4. The van der Waals surface area contributed by atoms with Crippen LogP contribution in [0.5, 0.6) is 0 Å². The second-order valence-corrected chi connectivity index (χ2v) is 8.28. The number of nitriles is 1. The predicted molar refractivity (Wildman–Crippen MR) is 109 cm³/mol. The van der Waals surface area contributed by atoms with Crippen LogP contribution in [-0.2, 0) is 6.54 Å². The Morgan fingerprint density at radius 3 is 2.48 bits per heavy atom.